The average molecular weight is 200 g/mol. The maximum atomic E-state index is 11.0. The SMILES string of the molecule is CS(=O)(=O)c1cc[c]cc1[N+](=O)[O-]. The Labute approximate surface area is 75.1 Å². The Bertz CT molecular complexity index is 438. The Morgan fingerprint density at radius 1 is 1.54 bits per heavy atom. The monoisotopic (exact) mass is 200 g/mol. The molecule has 0 fully saturated rings. The maximum absolute atomic E-state index is 11.0. The zero-order chi connectivity index (χ0) is 10.1. The summed E-state index contributed by atoms with van der Waals surface area (Å²) in [5.74, 6) is 0. The minimum atomic E-state index is -3.54. The Hall–Kier alpha value is -1.43. The van der Waals surface area contributed by atoms with Crippen molar-refractivity contribution in [2.24, 2.45) is 0 Å². The second kappa shape index (κ2) is 3.14. The van der Waals surface area contributed by atoms with E-state index in [0.29, 0.717) is 0 Å². The molecule has 0 aliphatic rings. The van der Waals surface area contributed by atoms with Gasteiger partial charge in [0.05, 0.1) is 4.92 Å². The van der Waals surface area contributed by atoms with Crippen LogP contribution >= 0.6 is 0 Å². The number of nitro benzene ring substituents is 1. The van der Waals surface area contributed by atoms with Gasteiger partial charge < -0.3 is 0 Å². The molecule has 0 aromatic heterocycles. The highest BCUT2D eigenvalue weighted by molar-refractivity contribution is 7.90. The fraction of sp³-hybridized carbons (Fsp3) is 0.143. The normalized spacial score (nSPS) is 11.2. The summed E-state index contributed by atoms with van der Waals surface area (Å²) in [5, 5.41) is 10.4. The molecule has 0 aliphatic carbocycles. The number of rotatable bonds is 2. The van der Waals surface area contributed by atoms with Crippen LogP contribution in [0.15, 0.2) is 23.1 Å². The van der Waals surface area contributed by atoms with Crippen LogP contribution in [0.3, 0.4) is 0 Å². The van der Waals surface area contributed by atoms with Gasteiger partial charge in [0, 0.05) is 12.3 Å². The van der Waals surface area contributed by atoms with Crippen molar-refractivity contribution < 1.29 is 13.3 Å². The molecule has 1 aromatic carbocycles. The van der Waals surface area contributed by atoms with Crippen LogP contribution in [0.2, 0.25) is 0 Å². The lowest BCUT2D eigenvalue weighted by Gasteiger charge is -1.98. The molecule has 0 saturated carbocycles. The number of sulfone groups is 1. The Morgan fingerprint density at radius 2 is 2.15 bits per heavy atom. The molecule has 0 unspecified atom stereocenters. The quantitative estimate of drug-likeness (QED) is 0.522. The first-order valence-electron chi connectivity index (χ1n) is 3.27. The molecular weight excluding hydrogens is 194 g/mol. The topological polar surface area (TPSA) is 77.3 Å². The molecule has 1 rings (SSSR count). The third-order valence-corrected chi connectivity index (χ3v) is 2.54. The Balaban J connectivity index is 3.46. The average Bonchev–Trinajstić information content (AvgIpc) is 2.03. The van der Waals surface area contributed by atoms with Gasteiger partial charge in [0.1, 0.15) is 4.90 Å². The summed E-state index contributed by atoms with van der Waals surface area (Å²) in [6.07, 6.45) is 0.926. The molecule has 6 heteroatoms. The van der Waals surface area contributed by atoms with Gasteiger partial charge in [-0.1, -0.05) is 6.07 Å². The molecule has 0 spiro atoms. The molecule has 1 aromatic rings. The second-order valence-corrected chi connectivity index (χ2v) is 4.41. The number of benzene rings is 1. The van der Waals surface area contributed by atoms with Crippen LogP contribution < -0.4 is 0 Å². The summed E-state index contributed by atoms with van der Waals surface area (Å²) in [5.41, 5.74) is -0.440. The van der Waals surface area contributed by atoms with Crippen LogP contribution in [-0.2, 0) is 9.84 Å². The van der Waals surface area contributed by atoms with Gasteiger partial charge in [-0.25, -0.2) is 8.42 Å². The van der Waals surface area contributed by atoms with E-state index in [9.17, 15) is 18.5 Å². The molecule has 0 atom stereocenters. The standard InChI is InChI=1S/C7H6NO4S/c1-13(11,12)7-5-3-2-4-6(7)8(9)10/h3-5H,1H3. The zero-order valence-electron chi connectivity index (χ0n) is 6.72. The summed E-state index contributed by atoms with van der Waals surface area (Å²) >= 11 is 0. The van der Waals surface area contributed by atoms with Gasteiger partial charge in [-0.15, -0.1) is 0 Å². The van der Waals surface area contributed by atoms with Crippen molar-refractivity contribution in [3.05, 3.63) is 34.4 Å². The lowest BCUT2D eigenvalue weighted by atomic mass is 10.3. The number of hydrogen-bond acceptors (Lipinski definition) is 4. The largest absolute Gasteiger partial charge is 0.288 e. The van der Waals surface area contributed by atoms with Crippen LogP contribution in [0.5, 0.6) is 0 Å². The first kappa shape index (κ1) is 9.66. The smallest absolute Gasteiger partial charge is 0.258 e. The van der Waals surface area contributed by atoms with E-state index in [1.165, 1.54) is 6.07 Å². The first-order valence-corrected chi connectivity index (χ1v) is 5.16. The lowest BCUT2D eigenvalue weighted by Crippen LogP contribution is -2.01. The third-order valence-electron chi connectivity index (χ3n) is 1.40. The van der Waals surface area contributed by atoms with Crippen LogP contribution in [-0.4, -0.2) is 19.6 Å². The van der Waals surface area contributed by atoms with Crippen molar-refractivity contribution in [1.82, 2.24) is 0 Å². The molecular formula is C7H6NO4S. The summed E-state index contributed by atoms with van der Waals surface area (Å²) in [6.45, 7) is 0. The molecule has 0 amide bonds. The van der Waals surface area contributed by atoms with Gasteiger partial charge in [0.2, 0.25) is 0 Å². The Kier molecular flexibility index (Phi) is 2.33. The molecule has 0 N–H and O–H groups in total. The van der Waals surface area contributed by atoms with Gasteiger partial charge in [0.25, 0.3) is 5.69 Å². The molecule has 1 radical (unpaired) electrons. The molecule has 69 valence electrons. The lowest BCUT2D eigenvalue weighted by molar-refractivity contribution is -0.387. The minimum absolute atomic E-state index is 0.281. The van der Waals surface area contributed by atoms with E-state index in [2.05, 4.69) is 6.07 Å². The fourth-order valence-electron chi connectivity index (χ4n) is 0.864. The molecule has 0 aliphatic heterocycles. The number of hydrogen-bond donors (Lipinski definition) is 0. The van der Waals surface area contributed by atoms with Crippen molar-refractivity contribution >= 4 is 15.5 Å². The zero-order valence-corrected chi connectivity index (χ0v) is 7.54. The van der Waals surface area contributed by atoms with E-state index in [1.54, 1.807) is 0 Å². The highest BCUT2D eigenvalue weighted by Gasteiger charge is 2.20. The van der Waals surface area contributed by atoms with Crippen molar-refractivity contribution in [3.8, 4) is 0 Å². The predicted molar refractivity (Wildman–Crippen MR) is 45.0 cm³/mol. The Morgan fingerprint density at radius 3 is 2.54 bits per heavy atom. The highest BCUT2D eigenvalue weighted by atomic mass is 32.2. The van der Waals surface area contributed by atoms with E-state index < -0.39 is 20.4 Å². The van der Waals surface area contributed by atoms with Crippen LogP contribution in [0.4, 0.5) is 5.69 Å². The van der Waals surface area contributed by atoms with Gasteiger partial charge >= 0.3 is 0 Å². The summed E-state index contributed by atoms with van der Waals surface area (Å²) in [6, 6.07) is 5.97. The molecule has 0 bridgehead atoms. The van der Waals surface area contributed by atoms with Gasteiger partial charge in [-0.2, -0.15) is 0 Å². The van der Waals surface area contributed by atoms with Crippen molar-refractivity contribution in [1.29, 1.82) is 0 Å². The third kappa shape index (κ3) is 2.03. The van der Waals surface area contributed by atoms with Crippen LogP contribution in [0.1, 0.15) is 0 Å². The summed E-state index contributed by atoms with van der Waals surface area (Å²) in [4.78, 5) is 9.37. The number of nitrogens with zero attached hydrogens (tertiary/aromatic N) is 1. The first-order chi connectivity index (χ1) is 5.93. The fourth-order valence-corrected chi connectivity index (χ4v) is 1.69. The van der Waals surface area contributed by atoms with E-state index in [1.807, 2.05) is 0 Å². The van der Waals surface area contributed by atoms with E-state index in [-0.39, 0.29) is 4.90 Å². The van der Waals surface area contributed by atoms with Crippen LogP contribution in [0.25, 0.3) is 0 Å². The maximum Gasteiger partial charge on any atom is 0.288 e. The van der Waals surface area contributed by atoms with Gasteiger partial charge in [-0.3, -0.25) is 10.1 Å². The summed E-state index contributed by atoms with van der Waals surface area (Å²) in [7, 11) is -3.54. The van der Waals surface area contributed by atoms with Crippen molar-refractivity contribution in [3.63, 3.8) is 0 Å². The molecule has 0 heterocycles. The van der Waals surface area contributed by atoms with Gasteiger partial charge in [-0.05, 0) is 12.1 Å². The van der Waals surface area contributed by atoms with E-state index in [4.69, 9.17) is 0 Å². The van der Waals surface area contributed by atoms with E-state index >= 15 is 0 Å². The second-order valence-electron chi connectivity index (χ2n) is 2.42. The van der Waals surface area contributed by atoms with Gasteiger partial charge in [0.15, 0.2) is 9.84 Å². The predicted octanol–water partition coefficient (Wildman–Crippen LogP) is 0.798. The van der Waals surface area contributed by atoms with Crippen molar-refractivity contribution in [2.45, 2.75) is 4.90 Å². The molecule has 13 heavy (non-hydrogen) atoms. The highest BCUT2D eigenvalue weighted by Crippen LogP contribution is 2.21. The molecule has 5 nitrogen and oxygen atoms in total. The van der Waals surface area contributed by atoms with Crippen LogP contribution in [0, 0.1) is 16.2 Å². The number of nitro groups is 1. The summed E-state index contributed by atoms with van der Waals surface area (Å²) < 4.78 is 22.1. The van der Waals surface area contributed by atoms with E-state index in [0.717, 1.165) is 18.4 Å². The molecule has 0 saturated heterocycles. The minimum Gasteiger partial charge on any atom is -0.258 e. The van der Waals surface area contributed by atoms with Crippen molar-refractivity contribution in [2.75, 3.05) is 6.26 Å².